The molecule has 0 spiro atoms. The van der Waals surface area contributed by atoms with E-state index in [4.69, 9.17) is 0 Å². The van der Waals surface area contributed by atoms with E-state index in [1.165, 1.54) is 191 Å². The first-order chi connectivity index (χ1) is 19.4. The van der Waals surface area contributed by atoms with E-state index in [9.17, 15) is 0 Å². The third-order valence-corrected chi connectivity index (χ3v) is 8.34. The molecule has 0 aliphatic carbocycles. The van der Waals surface area contributed by atoms with Crippen molar-refractivity contribution in [3.05, 3.63) is 35.7 Å². The molecule has 1 N–H and O–H groups in total. The quantitative estimate of drug-likeness (QED) is 0.0935. The van der Waals surface area contributed by atoms with E-state index in [1.54, 1.807) is 0 Å². The van der Waals surface area contributed by atoms with Gasteiger partial charge >= 0.3 is 0 Å². The number of aromatic nitrogens is 1. The fraction of sp³-hybridized carbons (Fsp3) is 0.789. The Morgan fingerprint density at radius 3 is 1.15 bits per heavy atom. The monoisotopic (exact) mass is 540 g/mol. The molecule has 0 radical (unpaired) electrons. The molecule has 1 nitrogen and oxygen atoms in total. The number of H-pyrrole nitrogens is 1. The normalized spacial score (nSPS) is 11.9. The summed E-state index contributed by atoms with van der Waals surface area (Å²) in [5, 5.41) is 0. The maximum atomic E-state index is 3.42. The van der Waals surface area contributed by atoms with Crippen molar-refractivity contribution in [2.45, 2.75) is 194 Å². The second-order valence-corrected chi connectivity index (χ2v) is 12.2. The van der Waals surface area contributed by atoms with E-state index in [1.807, 2.05) is 0 Å². The van der Waals surface area contributed by atoms with Crippen molar-refractivity contribution < 1.29 is 0 Å². The van der Waals surface area contributed by atoms with Gasteiger partial charge in [-0.3, -0.25) is 0 Å². The average molecular weight is 540 g/mol. The Morgan fingerprint density at radius 1 is 0.436 bits per heavy atom. The number of allylic oxidation sites excluding steroid dienone is 2. The molecule has 226 valence electrons. The maximum absolute atomic E-state index is 3.42. The molecule has 1 heterocycles. The molecule has 0 saturated heterocycles. The Bertz CT molecular complexity index is 597. The summed E-state index contributed by atoms with van der Waals surface area (Å²) in [5.41, 5.74) is 2.61. The van der Waals surface area contributed by atoms with Gasteiger partial charge in [0.25, 0.3) is 0 Å². The van der Waals surface area contributed by atoms with Crippen molar-refractivity contribution >= 4 is 12.2 Å². The lowest BCUT2D eigenvalue weighted by molar-refractivity contribution is 0.540. The summed E-state index contributed by atoms with van der Waals surface area (Å²) in [6, 6.07) is 2.21. The maximum Gasteiger partial charge on any atom is 0.0450 e. The second-order valence-electron chi connectivity index (χ2n) is 12.2. The van der Waals surface area contributed by atoms with E-state index < -0.39 is 0 Å². The Kier molecular flexibility index (Phi) is 27.3. The number of aromatic amines is 1. The molecule has 0 fully saturated rings. The van der Waals surface area contributed by atoms with Gasteiger partial charge in [-0.1, -0.05) is 186 Å². The number of rotatable bonds is 30. The number of hydrogen-bond donors (Lipinski definition) is 1. The van der Waals surface area contributed by atoms with Gasteiger partial charge in [-0.2, -0.15) is 0 Å². The summed E-state index contributed by atoms with van der Waals surface area (Å²) in [6.07, 6.45) is 51.0. The molecule has 0 amide bonds. The van der Waals surface area contributed by atoms with Gasteiger partial charge in [0, 0.05) is 11.9 Å². The van der Waals surface area contributed by atoms with Gasteiger partial charge in [0.1, 0.15) is 0 Å². The standard InChI is InChI=1S/C38H69N/c1-3-5-7-9-11-13-15-17-19-21-23-25-27-29-31-33-37-35-36-39-38(37)34-32-30-28-26-24-22-20-18-16-14-12-10-8-6-4-2/h31-36,39H,3-30H2,1-2H3. The number of unbranched alkanes of at least 4 members (excludes halogenated alkanes) is 26. The van der Waals surface area contributed by atoms with Crippen LogP contribution in [-0.2, 0) is 0 Å². The van der Waals surface area contributed by atoms with Crippen molar-refractivity contribution in [1.82, 2.24) is 4.98 Å². The van der Waals surface area contributed by atoms with Crippen LogP contribution in [0.25, 0.3) is 12.2 Å². The van der Waals surface area contributed by atoms with Gasteiger partial charge in [0.05, 0.1) is 0 Å². The van der Waals surface area contributed by atoms with Crippen molar-refractivity contribution in [3.8, 4) is 0 Å². The smallest absolute Gasteiger partial charge is 0.0450 e. The van der Waals surface area contributed by atoms with Gasteiger partial charge < -0.3 is 4.98 Å². The lowest BCUT2D eigenvalue weighted by Crippen LogP contribution is -1.83. The molecular formula is C38H69N. The molecule has 0 aliphatic heterocycles. The number of hydrogen-bond acceptors (Lipinski definition) is 0. The first-order valence-corrected chi connectivity index (χ1v) is 17.9. The Morgan fingerprint density at radius 2 is 0.769 bits per heavy atom. The molecule has 39 heavy (non-hydrogen) atoms. The molecule has 0 atom stereocenters. The molecular weight excluding hydrogens is 470 g/mol. The van der Waals surface area contributed by atoms with Crippen LogP contribution < -0.4 is 0 Å². The third-order valence-electron chi connectivity index (χ3n) is 8.34. The molecule has 0 bridgehead atoms. The molecule has 1 aromatic rings. The average Bonchev–Trinajstić information content (AvgIpc) is 3.40. The lowest BCUT2D eigenvalue weighted by atomic mass is 10.0. The fourth-order valence-corrected chi connectivity index (χ4v) is 5.66. The first kappa shape index (κ1) is 35.8. The highest BCUT2D eigenvalue weighted by Crippen LogP contribution is 2.16. The zero-order valence-electron chi connectivity index (χ0n) is 26.8. The summed E-state index contributed by atoms with van der Waals surface area (Å²) in [6.45, 7) is 4.60. The van der Waals surface area contributed by atoms with Crippen LogP contribution in [0.3, 0.4) is 0 Å². The van der Waals surface area contributed by atoms with Crippen LogP contribution in [0.15, 0.2) is 24.4 Å². The van der Waals surface area contributed by atoms with E-state index >= 15 is 0 Å². The first-order valence-electron chi connectivity index (χ1n) is 17.9. The summed E-state index contributed by atoms with van der Waals surface area (Å²) in [7, 11) is 0. The minimum absolute atomic E-state index is 1.21. The van der Waals surface area contributed by atoms with Gasteiger partial charge in [-0.25, -0.2) is 0 Å². The predicted octanol–water partition coefficient (Wildman–Crippen LogP) is 14.0. The molecule has 1 heteroatoms. The fourth-order valence-electron chi connectivity index (χ4n) is 5.66. The van der Waals surface area contributed by atoms with Crippen LogP contribution in [0.4, 0.5) is 0 Å². The second kappa shape index (κ2) is 29.7. The zero-order valence-corrected chi connectivity index (χ0v) is 26.8. The van der Waals surface area contributed by atoms with E-state index in [2.05, 4.69) is 55.4 Å². The largest absolute Gasteiger partial charge is 0.361 e. The minimum Gasteiger partial charge on any atom is -0.361 e. The summed E-state index contributed by atoms with van der Waals surface area (Å²) >= 11 is 0. The van der Waals surface area contributed by atoms with Crippen LogP contribution in [0.1, 0.15) is 205 Å². The molecule has 0 saturated carbocycles. The van der Waals surface area contributed by atoms with Crippen LogP contribution >= 0.6 is 0 Å². The van der Waals surface area contributed by atoms with Crippen LogP contribution in [0, 0.1) is 0 Å². The third kappa shape index (κ3) is 24.3. The topological polar surface area (TPSA) is 15.8 Å². The minimum atomic E-state index is 1.21. The number of nitrogens with one attached hydrogen (secondary N) is 1. The van der Waals surface area contributed by atoms with Crippen molar-refractivity contribution in [2.24, 2.45) is 0 Å². The van der Waals surface area contributed by atoms with Crippen molar-refractivity contribution in [3.63, 3.8) is 0 Å². The van der Waals surface area contributed by atoms with Gasteiger partial charge in [-0.05, 0) is 43.4 Å². The van der Waals surface area contributed by atoms with E-state index in [-0.39, 0.29) is 0 Å². The van der Waals surface area contributed by atoms with Gasteiger partial charge in [0.2, 0.25) is 0 Å². The Labute approximate surface area is 246 Å². The zero-order chi connectivity index (χ0) is 27.9. The van der Waals surface area contributed by atoms with Gasteiger partial charge in [0.15, 0.2) is 0 Å². The van der Waals surface area contributed by atoms with E-state index in [0.717, 1.165) is 0 Å². The SMILES string of the molecule is CCCCCCCCCCCCCCCC=Cc1cc[nH]c1C=CCCCCCCCCCCCCCCC. The summed E-state index contributed by atoms with van der Waals surface area (Å²) < 4.78 is 0. The molecule has 0 unspecified atom stereocenters. The predicted molar refractivity (Wildman–Crippen MR) is 179 cm³/mol. The molecule has 0 aromatic carbocycles. The highest BCUT2D eigenvalue weighted by molar-refractivity contribution is 5.62. The Balaban J connectivity index is 1.92. The molecule has 0 aliphatic rings. The van der Waals surface area contributed by atoms with Gasteiger partial charge in [-0.15, -0.1) is 0 Å². The Hall–Kier alpha value is -1.24. The van der Waals surface area contributed by atoms with Crippen molar-refractivity contribution in [1.29, 1.82) is 0 Å². The molecule has 1 aromatic heterocycles. The highest BCUT2D eigenvalue weighted by atomic mass is 14.7. The molecule has 1 rings (SSSR count). The van der Waals surface area contributed by atoms with Crippen molar-refractivity contribution in [2.75, 3.05) is 0 Å². The van der Waals surface area contributed by atoms with Crippen LogP contribution in [0.5, 0.6) is 0 Å². The van der Waals surface area contributed by atoms with E-state index in [0.29, 0.717) is 0 Å². The van der Waals surface area contributed by atoms with Crippen LogP contribution in [-0.4, -0.2) is 4.98 Å². The highest BCUT2D eigenvalue weighted by Gasteiger charge is 1.97. The summed E-state index contributed by atoms with van der Waals surface area (Å²) in [5.74, 6) is 0. The van der Waals surface area contributed by atoms with Crippen LogP contribution in [0.2, 0.25) is 0 Å². The summed E-state index contributed by atoms with van der Waals surface area (Å²) in [4.78, 5) is 3.42. The lowest BCUT2D eigenvalue weighted by Gasteiger charge is -2.02.